The Labute approximate surface area is 237 Å². The lowest BCUT2D eigenvalue weighted by atomic mass is 9.77. The highest BCUT2D eigenvalue weighted by molar-refractivity contribution is 8.18. The second-order valence-electron chi connectivity index (χ2n) is 9.42. The van der Waals surface area contributed by atoms with E-state index in [1.807, 2.05) is 48.5 Å². The third-order valence-electron chi connectivity index (χ3n) is 6.81. The van der Waals surface area contributed by atoms with E-state index in [9.17, 15) is 13.6 Å². The molecule has 3 aromatic carbocycles. The fourth-order valence-corrected chi connectivity index (χ4v) is 9.07. The summed E-state index contributed by atoms with van der Waals surface area (Å²) in [4.78, 5) is 16.6. The number of hydrogen-bond acceptors (Lipinski definition) is 5. The van der Waals surface area contributed by atoms with Gasteiger partial charge in [-0.2, -0.15) is 0 Å². The first-order valence-corrected chi connectivity index (χ1v) is 15.4. The zero-order valence-corrected chi connectivity index (χ0v) is 24.1. The molecule has 202 valence electrons. The first-order valence-electron chi connectivity index (χ1n) is 12.9. The standard InChI is InChI=1S/C30H33F2NO2S3/c1-3-6-27(29(34)33-38-26-18-12-23(35-2)13-19-26)28-7-4-5-20-30(28,36-24-14-8-21(31)9-15-24)37-25-16-10-22(32)11-17-25/h8-19,27-28H,3-7,20H2,1-2H3,(H,33,34). The first kappa shape index (κ1) is 28.8. The molecule has 2 unspecified atom stereocenters. The lowest BCUT2D eigenvalue weighted by Gasteiger charge is -2.46. The number of nitrogens with one attached hydrogen (secondary N) is 1. The molecule has 0 aliphatic heterocycles. The fraction of sp³-hybridized carbons (Fsp3) is 0.367. The van der Waals surface area contributed by atoms with E-state index in [0.717, 1.165) is 59.0 Å². The van der Waals surface area contributed by atoms with Crippen molar-refractivity contribution in [2.24, 2.45) is 11.8 Å². The minimum atomic E-state index is -0.351. The SMILES string of the molecule is CCCC(C(=O)NSc1ccc(OC)cc1)C1CCCCC1(Sc1ccc(F)cc1)Sc1ccc(F)cc1. The van der Waals surface area contributed by atoms with Gasteiger partial charge in [0.05, 0.1) is 11.2 Å². The Morgan fingerprint density at radius 1 is 0.921 bits per heavy atom. The van der Waals surface area contributed by atoms with Crippen molar-refractivity contribution in [3.63, 3.8) is 0 Å². The van der Waals surface area contributed by atoms with Crippen LogP contribution < -0.4 is 9.46 Å². The van der Waals surface area contributed by atoms with Crippen LogP contribution in [0.4, 0.5) is 8.78 Å². The van der Waals surface area contributed by atoms with E-state index in [2.05, 4.69) is 11.6 Å². The topological polar surface area (TPSA) is 38.3 Å². The summed E-state index contributed by atoms with van der Waals surface area (Å²) in [5, 5.41) is 0. The number of amides is 1. The van der Waals surface area contributed by atoms with Crippen LogP contribution in [0.5, 0.6) is 5.75 Å². The fourth-order valence-electron chi connectivity index (χ4n) is 4.98. The van der Waals surface area contributed by atoms with Crippen LogP contribution in [-0.2, 0) is 4.79 Å². The van der Waals surface area contributed by atoms with Crippen LogP contribution in [0.25, 0.3) is 0 Å². The molecule has 0 radical (unpaired) electrons. The van der Waals surface area contributed by atoms with Crippen molar-refractivity contribution in [3.05, 3.63) is 84.4 Å². The zero-order chi connectivity index (χ0) is 27.0. The molecule has 3 aromatic rings. The molecule has 1 fully saturated rings. The molecule has 2 atom stereocenters. The number of halogens is 2. The Hall–Kier alpha value is -2.16. The molecule has 0 aromatic heterocycles. The third kappa shape index (κ3) is 7.48. The molecule has 0 heterocycles. The van der Waals surface area contributed by atoms with Crippen molar-refractivity contribution in [2.75, 3.05) is 7.11 Å². The molecule has 3 nitrogen and oxygen atoms in total. The van der Waals surface area contributed by atoms with Crippen molar-refractivity contribution < 1.29 is 18.3 Å². The van der Waals surface area contributed by atoms with Crippen LogP contribution >= 0.6 is 35.5 Å². The highest BCUT2D eigenvalue weighted by atomic mass is 32.2. The second kappa shape index (κ2) is 13.8. The Balaban J connectivity index is 1.62. The lowest BCUT2D eigenvalue weighted by Crippen LogP contribution is -2.44. The summed E-state index contributed by atoms with van der Waals surface area (Å²) in [6.45, 7) is 2.11. The summed E-state index contributed by atoms with van der Waals surface area (Å²) in [6.07, 6.45) is 5.59. The number of rotatable bonds is 11. The second-order valence-corrected chi connectivity index (χ2v) is 13.4. The van der Waals surface area contributed by atoms with Crippen molar-refractivity contribution in [3.8, 4) is 5.75 Å². The Morgan fingerprint density at radius 3 is 2.00 bits per heavy atom. The van der Waals surface area contributed by atoms with Crippen LogP contribution in [0, 0.1) is 23.5 Å². The van der Waals surface area contributed by atoms with E-state index in [1.165, 1.54) is 36.2 Å². The summed E-state index contributed by atoms with van der Waals surface area (Å²) in [5.74, 6) is 0.155. The van der Waals surface area contributed by atoms with Gasteiger partial charge in [-0.1, -0.05) is 26.2 Å². The predicted octanol–water partition coefficient (Wildman–Crippen LogP) is 8.98. The maximum Gasteiger partial charge on any atom is 0.233 e. The molecule has 1 saturated carbocycles. The van der Waals surface area contributed by atoms with E-state index in [1.54, 1.807) is 30.6 Å². The molecule has 8 heteroatoms. The third-order valence-corrected chi connectivity index (χ3v) is 10.8. The minimum Gasteiger partial charge on any atom is -0.497 e. The molecule has 0 spiro atoms. The van der Waals surface area contributed by atoms with Gasteiger partial charge in [0.2, 0.25) is 5.91 Å². The number of benzene rings is 3. The van der Waals surface area contributed by atoms with Gasteiger partial charge in [0.15, 0.2) is 0 Å². The van der Waals surface area contributed by atoms with Gasteiger partial charge in [0.1, 0.15) is 17.4 Å². The molecular weight excluding hydrogens is 541 g/mol. The van der Waals surface area contributed by atoms with Crippen molar-refractivity contribution >= 4 is 41.4 Å². The van der Waals surface area contributed by atoms with Gasteiger partial charge in [0, 0.05) is 20.6 Å². The Morgan fingerprint density at radius 2 is 1.47 bits per heavy atom. The van der Waals surface area contributed by atoms with Gasteiger partial charge in [-0.3, -0.25) is 9.52 Å². The quantitative estimate of drug-likeness (QED) is 0.183. The maximum absolute atomic E-state index is 13.7. The van der Waals surface area contributed by atoms with Crippen molar-refractivity contribution in [1.29, 1.82) is 0 Å². The van der Waals surface area contributed by atoms with Crippen molar-refractivity contribution in [2.45, 2.75) is 64.2 Å². The minimum absolute atomic E-state index is 0.0309. The van der Waals surface area contributed by atoms with Crippen LogP contribution in [-0.4, -0.2) is 17.1 Å². The maximum atomic E-state index is 13.7. The van der Waals surface area contributed by atoms with Crippen LogP contribution in [0.1, 0.15) is 45.4 Å². The van der Waals surface area contributed by atoms with E-state index >= 15 is 0 Å². The number of thioether (sulfide) groups is 2. The van der Waals surface area contributed by atoms with Gasteiger partial charge in [-0.25, -0.2) is 8.78 Å². The average Bonchev–Trinajstić information content (AvgIpc) is 2.94. The molecule has 1 aliphatic carbocycles. The smallest absolute Gasteiger partial charge is 0.233 e. The largest absolute Gasteiger partial charge is 0.497 e. The summed E-state index contributed by atoms with van der Waals surface area (Å²) in [5.41, 5.74) is 0. The van der Waals surface area contributed by atoms with Crippen LogP contribution in [0.15, 0.2) is 87.5 Å². The number of carbonyl (C=O) groups is 1. The number of carbonyl (C=O) groups excluding carboxylic acids is 1. The molecule has 0 saturated heterocycles. The summed E-state index contributed by atoms with van der Waals surface area (Å²) >= 11 is 4.76. The average molecular weight is 574 g/mol. The first-order chi connectivity index (χ1) is 18.4. The molecular formula is C30H33F2NO2S3. The van der Waals surface area contributed by atoms with Crippen molar-refractivity contribution in [1.82, 2.24) is 4.72 Å². The Kier molecular flexibility index (Phi) is 10.4. The van der Waals surface area contributed by atoms with Crippen LogP contribution in [0.3, 0.4) is 0 Å². The molecule has 0 bridgehead atoms. The summed E-state index contributed by atoms with van der Waals surface area (Å²) in [7, 11) is 1.63. The molecule has 38 heavy (non-hydrogen) atoms. The highest BCUT2D eigenvalue weighted by Crippen LogP contribution is 2.59. The number of methoxy groups -OCH3 is 1. The van der Waals surface area contributed by atoms with Gasteiger partial charge in [-0.05, 0) is 110 Å². The van der Waals surface area contributed by atoms with E-state index < -0.39 is 0 Å². The molecule has 1 amide bonds. The predicted molar refractivity (Wildman–Crippen MR) is 155 cm³/mol. The van der Waals surface area contributed by atoms with Crippen LogP contribution in [0.2, 0.25) is 0 Å². The van der Waals surface area contributed by atoms with Gasteiger partial charge >= 0.3 is 0 Å². The van der Waals surface area contributed by atoms with E-state index in [-0.39, 0.29) is 33.5 Å². The molecule has 1 aliphatic rings. The molecule has 1 N–H and O–H groups in total. The lowest BCUT2D eigenvalue weighted by molar-refractivity contribution is -0.125. The molecule has 4 rings (SSSR count). The highest BCUT2D eigenvalue weighted by Gasteiger charge is 2.48. The number of ether oxygens (including phenoxy) is 1. The van der Waals surface area contributed by atoms with Gasteiger partial charge in [0.25, 0.3) is 0 Å². The Bertz CT molecular complexity index is 1130. The normalized spacial score (nSPS) is 17.5. The summed E-state index contributed by atoms with van der Waals surface area (Å²) < 4.78 is 35.4. The zero-order valence-electron chi connectivity index (χ0n) is 21.6. The van der Waals surface area contributed by atoms with Gasteiger partial charge in [-0.15, -0.1) is 23.5 Å². The van der Waals surface area contributed by atoms with Gasteiger partial charge < -0.3 is 4.74 Å². The van der Waals surface area contributed by atoms with E-state index in [0.29, 0.717) is 0 Å². The summed E-state index contributed by atoms with van der Waals surface area (Å²) in [6, 6.07) is 20.8. The number of hydrogen-bond donors (Lipinski definition) is 1. The monoisotopic (exact) mass is 573 g/mol. The van der Waals surface area contributed by atoms with E-state index in [4.69, 9.17) is 4.74 Å².